The van der Waals surface area contributed by atoms with Gasteiger partial charge in [0.2, 0.25) is 0 Å². The van der Waals surface area contributed by atoms with Crippen molar-refractivity contribution in [3.05, 3.63) is 11.6 Å². The van der Waals surface area contributed by atoms with Gasteiger partial charge in [-0.05, 0) is 19.9 Å². The van der Waals surface area contributed by atoms with Gasteiger partial charge in [0.15, 0.2) is 0 Å². The van der Waals surface area contributed by atoms with Crippen LogP contribution in [0.1, 0.15) is 19.3 Å². The second-order valence-corrected chi connectivity index (χ2v) is 4.56. The first-order valence-corrected chi connectivity index (χ1v) is 5.75. The van der Waals surface area contributed by atoms with Crippen molar-refractivity contribution in [1.82, 2.24) is 4.90 Å². The van der Waals surface area contributed by atoms with Gasteiger partial charge < -0.3 is 9.47 Å². The van der Waals surface area contributed by atoms with E-state index in [4.69, 9.17) is 4.74 Å². The van der Waals surface area contributed by atoms with Crippen LogP contribution in [0.4, 0.5) is 0 Å². The number of methoxy groups -OCH3 is 1. The summed E-state index contributed by atoms with van der Waals surface area (Å²) >= 11 is 0. The lowest BCUT2D eigenvalue weighted by Gasteiger charge is -2.44. The van der Waals surface area contributed by atoms with Crippen LogP contribution < -0.4 is 0 Å². The van der Waals surface area contributed by atoms with E-state index in [9.17, 15) is 4.79 Å². The number of fused-ring (bicyclic) bond motifs is 2. The summed E-state index contributed by atoms with van der Waals surface area (Å²) in [6.07, 6.45) is 4.47. The van der Waals surface area contributed by atoms with Gasteiger partial charge >= 0.3 is 5.97 Å². The van der Waals surface area contributed by atoms with E-state index >= 15 is 0 Å². The Labute approximate surface area is 96.2 Å². The van der Waals surface area contributed by atoms with Gasteiger partial charge in [0.1, 0.15) is 0 Å². The van der Waals surface area contributed by atoms with Crippen LogP contribution >= 0.6 is 0 Å². The van der Waals surface area contributed by atoms with Gasteiger partial charge in [-0.15, -0.1) is 0 Å². The molecule has 0 aromatic heterocycles. The fourth-order valence-corrected chi connectivity index (χ4v) is 2.45. The van der Waals surface area contributed by atoms with Crippen molar-refractivity contribution < 1.29 is 14.3 Å². The molecule has 4 heteroatoms. The highest BCUT2D eigenvalue weighted by Gasteiger charge is 2.33. The van der Waals surface area contributed by atoms with Gasteiger partial charge in [0.25, 0.3) is 0 Å². The second-order valence-electron chi connectivity index (χ2n) is 4.56. The van der Waals surface area contributed by atoms with Crippen molar-refractivity contribution in [3.8, 4) is 0 Å². The molecule has 0 aliphatic carbocycles. The summed E-state index contributed by atoms with van der Waals surface area (Å²) < 4.78 is 10.2. The van der Waals surface area contributed by atoms with Crippen LogP contribution in [0.2, 0.25) is 0 Å². The number of ether oxygens (including phenoxy) is 2. The molecule has 0 N–H and O–H groups in total. The van der Waals surface area contributed by atoms with E-state index < -0.39 is 0 Å². The van der Waals surface area contributed by atoms with E-state index in [-0.39, 0.29) is 5.97 Å². The van der Waals surface area contributed by atoms with Crippen LogP contribution in [-0.2, 0) is 14.3 Å². The summed E-state index contributed by atoms with van der Waals surface area (Å²) in [7, 11) is 3.59. The standard InChI is InChI=1S/C12H19NO3/c1-13-10-5-9(3-4-12(14)15-2)6-11(13)8-16-7-10/h3,10-11H,4-8H2,1-2H3. The highest BCUT2D eigenvalue weighted by Crippen LogP contribution is 2.29. The number of carbonyl (C=O) groups is 1. The Hall–Kier alpha value is -0.870. The molecule has 16 heavy (non-hydrogen) atoms. The minimum Gasteiger partial charge on any atom is -0.469 e. The second kappa shape index (κ2) is 4.97. The first-order valence-electron chi connectivity index (χ1n) is 5.75. The molecular formula is C12H19NO3. The summed E-state index contributed by atoms with van der Waals surface area (Å²) in [6, 6.07) is 0.966. The molecule has 0 spiro atoms. The molecule has 2 atom stereocenters. The van der Waals surface area contributed by atoms with Crippen LogP contribution in [0.3, 0.4) is 0 Å². The average Bonchev–Trinajstić information content (AvgIpc) is 2.26. The molecule has 2 rings (SSSR count). The normalized spacial score (nSPS) is 30.0. The molecule has 4 nitrogen and oxygen atoms in total. The van der Waals surface area contributed by atoms with E-state index in [1.807, 2.05) is 6.08 Å². The maximum Gasteiger partial charge on any atom is 0.309 e. The van der Waals surface area contributed by atoms with Crippen molar-refractivity contribution in [2.75, 3.05) is 27.4 Å². The first kappa shape index (κ1) is 11.6. The van der Waals surface area contributed by atoms with E-state index in [2.05, 4.69) is 16.7 Å². The third-order valence-corrected chi connectivity index (χ3v) is 3.55. The minimum atomic E-state index is -0.159. The summed E-state index contributed by atoms with van der Waals surface area (Å²) in [4.78, 5) is 13.5. The third-order valence-electron chi connectivity index (χ3n) is 3.55. The molecule has 2 aliphatic heterocycles. The largest absolute Gasteiger partial charge is 0.469 e. The van der Waals surface area contributed by atoms with Gasteiger partial charge in [-0.25, -0.2) is 0 Å². The van der Waals surface area contributed by atoms with Crippen LogP contribution in [-0.4, -0.2) is 50.3 Å². The Balaban J connectivity index is 1.96. The van der Waals surface area contributed by atoms with Crippen molar-refractivity contribution in [3.63, 3.8) is 0 Å². The third kappa shape index (κ3) is 2.44. The predicted molar refractivity (Wildman–Crippen MR) is 60.1 cm³/mol. The maximum absolute atomic E-state index is 11.1. The van der Waals surface area contributed by atoms with E-state index in [1.165, 1.54) is 12.7 Å². The lowest BCUT2D eigenvalue weighted by molar-refractivity contribution is -0.139. The molecule has 0 aromatic rings. The highest BCUT2D eigenvalue weighted by molar-refractivity contribution is 5.71. The van der Waals surface area contributed by atoms with Crippen LogP contribution in [0, 0.1) is 0 Å². The number of morpholine rings is 1. The number of hydrogen-bond acceptors (Lipinski definition) is 4. The zero-order chi connectivity index (χ0) is 11.5. The number of piperidine rings is 1. The Morgan fingerprint density at radius 3 is 2.69 bits per heavy atom. The number of nitrogens with zero attached hydrogens (tertiary/aromatic N) is 1. The molecule has 0 amide bonds. The molecule has 2 unspecified atom stereocenters. The zero-order valence-corrected chi connectivity index (χ0v) is 9.94. The summed E-state index contributed by atoms with van der Waals surface area (Å²) in [6.45, 7) is 1.62. The fourth-order valence-electron chi connectivity index (χ4n) is 2.45. The van der Waals surface area contributed by atoms with Gasteiger partial charge in [-0.2, -0.15) is 0 Å². The number of esters is 1. The molecule has 0 radical (unpaired) electrons. The Morgan fingerprint density at radius 1 is 1.50 bits per heavy atom. The molecule has 90 valence electrons. The van der Waals surface area contributed by atoms with Crippen LogP contribution in [0.25, 0.3) is 0 Å². The first-order chi connectivity index (χ1) is 7.70. The molecule has 0 aromatic carbocycles. The Morgan fingerprint density at radius 2 is 2.12 bits per heavy atom. The number of likely N-dealkylation sites (N-methyl/N-ethyl adjacent to an activating group) is 1. The predicted octanol–water partition coefficient (Wildman–Crippen LogP) is 0.969. The number of hydrogen-bond donors (Lipinski definition) is 0. The number of carbonyl (C=O) groups excluding carboxylic acids is 1. The molecule has 2 fully saturated rings. The fraction of sp³-hybridized carbons (Fsp3) is 0.750. The lowest BCUT2D eigenvalue weighted by atomic mass is 9.90. The smallest absolute Gasteiger partial charge is 0.309 e. The Kier molecular flexibility index (Phi) is 3.61. The van der Waals surface area contributed by atoms with Crippen LogP contribution in [0.15, 0.2) is 11.6 Å². The monoisotopic (exact) mass is 225 g/mol. The molecule has 0 saturated carbocycles. The summed E-state index contributed by atoms with van der Waals surface area (Å²) in [5, 5.41) is 0. The lowest BCUT2D eigenvalue weighted by Crippen LogP contribution is -2.53. The van der Waals surface area contributed by atoms with Crippen molar-refractivity contribution >= 4 is 5.97 Å². The SMILES string of the molecule is COC(=O)CC=C1CC2COCC(C1)N2C. The van der Waals surface area contributed by atoms with Gasteiger partial charge in [-0.1, -0.05) is 11.6 Å². The van der Waals surface area contributed by atoms with Gasteiger partial charge in [0, 0.05) is 12.1 Å². The van der Waals surface area contributed by atoms with E-state index in [0.29, 0.717) is 18.5 Å². The van der Waals surface area contributed by atoms with Gasteiger partial charge in [-0.3, -0.25) is 9.69 Å². The van der Waals surface area contributed by atoms with Crippen molar-refractivity contribution in [2.24, 2.45) is 0 Å². The van der Waals surface area contributed by atoms with E-state index in [0.717, 1.165) is 26.1 Å². The Bertz CT molecular complexity index is 285. The minimum absolute atomic E-state index is 0.159. The van der Waals surface area contributed by atoms with Crippen LogP contribution in [0.5, 0.6) is 0 Å². The molecular weight excluding hydrogens is 206 g/mol. The summed E-state index contributed by atoms with van der Waals surface area (Å²) in [5.41, 5.74) is 1.38. The quantitative estimate of drug-likeness (QED) is 0.518. The van der Waals surface area contributed by atoms with E-state index in [1.54, 1.807) is 0 Å². The molecule has 2 aliphatic rings. The average molecular weight is 225 g/mol. The zero-order valence-electron chi connectivity index (χ0n) is 9.94. The van der Waals surface area contributed by atoms with Crippen molar-refractivity contribution in [2.45, 2.75) is 31.3 Å². The maximum atomic E-state index is 11.1. The number of rotatable bonds is 2. The molecule has 2 saturated heterocycles. The highest BCUT2D eigenvalue weighted by atomic mass is 16.5. The molecule has 2 heterocycles. The van der Waals surface area contributed by atoms with Crippen molar-refractivity contribution in [1.29, 1.82) is 0 Å². The molecule has 2 bridgehead atoms. The summed E-state index contributed by atoms with van der Waals surface area (Å²) in [5.74, 6) is -0.159. The van der Waals surface area contributed by atoms with Gasteiger partial charge in [0.05, 0.1) is 26.7 Å². The topological polar surface area (TPSA) is 38.8 Å².